The van der Waals surface area contributed by atoms with Gasteiger partial charge < -0.3 is 4.90 Å². The van der Waals surface area contributed by atoms with Gasteiger partial charge >= 0.3 is 0 Å². The molecule has 1 heterocycles. The van der Waals surface area contributed by atoms with Crippen molar-refractivity contribution in [3.63, 3.8) is 0 Å². The molecule has 4 rings (SSSR count). The fraction of sp³-hybridized carbons (Fsp3) is 0.273. The van der Waals surface area contributed by atoms with E-state index in [-0.39, 0.29) is 0 Å². The molecule has 0 amide bonds. The molecule has 1 fully saturated rings. The van der Waals surface area contributed by atoms with E-state index in [1.54, 1.807) is 0 Å². The lowest BCUT2D eigenvalue weighted by molar-refractivity contribution is 0.261. The Kier molecular flexibility index (Phi) is 4.48. The summed E-state index contributed by atoms with van der Waals surface area (Å²) in [6, 6.07) is 26.2. The molecule has 0 aliphatic carbocycles. The summed E-state index contributed by atoms with van der Waals surface area (Å²) in [7, 11) is 0. The zero-order valence-corrected chi connectivity index (χ0v) is 14.1. The molecular weight excluding hydrogens is 292 g/mol. The Labute approximate surface area is 144 Å². The molecule has 0 bridgehead atoms. The molecule has 0 saturated carbocycles. The molecule has 3 aromatic rings. The monoisotopic (exact) mass is 316 g/mol. The Morgan fingerprint density at radius 3 is 2.21 bits per heavy atom. The van der Waals surface area contributed by atoms with Gasteiger partial charge in [0.15, 0.2) is 0 Å². The number of benzene rings is 3. The summed E-state index contributed by atoms with van der Waals surface area (Å²) in [5, 5.41) is 2.76. The summed E-state index contributed by atoms with van der Waals surface area (Å²) in [5.74, 6) is 0. The second-order valence-corrected chi connectivity index (χ2v) is 6.55. The first-order chi connectivity index (χ1) is 11.9. The first kappa shape index (κ1) is 15.2. The minimum Gasteiger partial charge on any atom is -0.369 e. The van der Waals surface area contributed by atoms with E-state index in [0.29, 0.717) is 0 Å². The van der Waals surface area contributed by atoms with Gasteiger partial charge in [0.25, 0.3) is 0 Å². The van der Waals surface area contributed by atoms with Crippen molar-refractivity contribution in [2.75, 3.05) is 37.6 Å². The molecule has 0 atom stereocenters. The third kappa shape index (κ3) is 3.29. The van der Waals surface area contributed by atoms with Crippen LogP contribution in [0.1, 0.15) is 5.56 Å². The second kappa shape index (κ2) is 7.06. The highest BCUT2D eigenvalue weighted by atomic mass is 15.3. The second-order valence-electron chi connectivity index (χ2n) is 6.55. The highest BCUT2D eigenvalue weighted by molar-refractivity contribution is 5.85. The SMILES string of the molecule is c1ccc(N2CCN(CCc3cccc4ccccc34)CC2)cc1. The van der Waals surface area contributed by atoms with E-state index in [1.807, 2.05) is 0 Å². The van der Waals surface area contributed by atoms with E-state index in [0.717, 1.165) is 39.1 Å². The first-order valence-corrected chi connectivity index (χ1v) is 8.89. The van der Waals surface area contributed by atoms with Crippen LogP contribution in [0.3, 0.4) is 0 Å². The van der Waals surface area contributed by atoms with E-state index in [1.165, 1.54) is 22.0 Å². The summed E-state index contributed by atoms with van der Waals surface area (Å²) in [6.45, 7) is 5.70. The maximum atomic E-state index is 2.60. The maximum Gasteiger partial charge on any atom is 0.0367 e. The van der Waals surface area contributed by atoms with Crippen LogP contribution in [0.2, 0.25) is 0 Å². The Morgan fingerprint density at radius 1 is 0.667 bits per heavy atom. The van der Waals surface area contributed by atoms with Crippen molar-refractivity contribution in [1.82, 2.24) is 4.90 Å². The minimum absolute atomic E-state index is 1.12. The van der Waals surface area contributed by atoms with E-state index >= 15 is 0 Å². The van der Waals surface area contributed by atoms with Crippen molar-refractivity contribution in [2.45, 2.75) is 6.42 Å². The molecule has 1 saturated heterocycles. The van der Waals surface area contributed by atoms with Gasteiger partial charge in [0, 0.05) is 38.4 Å². The van der Waals surface area contributed by atoms with E-state index in [9.17, 15) is 0 Å². The molecular formula is C22H24N2. The van der Waals surface area contributed by atoms with Gasteiger partial charge in [-0.15, -0.1) is 0 Å². The van der Waals surface area contributed by atoms with Gasteiger partial charge in [-0.3, -0.25) is 4.90 Å². The Bertz CT molecular complexity index is 784. The van der Waals surface area contributed by atoms with Crippen molar-refractivity contribution >= 4 is 16.5 Å². The van der Waals surface area contributed by atoms with Gasteiger partial charge in [0.05, 0.1) is 0 Å². The lowest BCUT2D eigenvalue weighted by atomic mass is 10.0. The van der Waals surface area contributed by atoms with Crippen molar-refractivity contribution < 1.29 is 0 Å². The Balaban J connectivity index is 1.36. The zero-order chi connectivity index (χ0) is 16.2. The largest absolute Gasteiger partial charge is 0.369 e. The average molecular weight is 316 g/mol. The standard InChI is InChI=1S/C22H24N2/c1-2-10-21(11-3-1)24-17-15-23(16-18-24)14-13-20-9-6-8-19-7-4-5-12-22(19)20/h1-12H,13-18H2. The Hall–Kier alpha value is -2.32. The smallest absolute Gasteiger partial charge is 0.0367 e. The van der Waals surface area contributed by atoms with E-state index in [2.05, 4.69) is 82.6 Å². The third-order valence-corrected chi connectivity index (χ3v) is 5.07. The van der Waals surface area contributed by atoms with E-state index in [4.69, 9.17) is 0 Å². The highest BCUT2D eigenvalue weighted by Crippen LogP contribution is 2.20. The zero-order valence-electron chi connectivity index (χ0n) is 14.1. The third-order valence-electron chi connectivity index (χ3n) is 5.07. The molecule has 0 aromatic heterocycles. The quantitative estimate of drug-likeness (QED) is 0.711. The molecule has 3 aromatic carbocycles. The molecule has 1 aliphatic rings. The maximum absolute atomic E-state index is 2.60. The number of fused-ring (bicyclic) bond motifs is 1. The van der Waals surface area contributed by atoms with Crippen LogP contribution in [0.5, 0.6) is 0 Å². The normalized spacial score (nSPS) is 15.8. The Morgan fingerprint density at radius 2 is 1.38 bits per heavy atom. The van der Waals surface area contributed by atoms with E-state index < -0.39 is 0 Å². The number of piperazine rings is 1. The van der Waals surface area contributed by atoms with Crippen LogP contribution in [-0.2, 0) is 6.42 Å². The molecule has 0 radical (unpaired) electrons. The van der Waals surface area contributed by atoms with Gasteiger partial charge in [-0.2, -0.15) is 0 Å². The highest BCUT2D eigenvalue weighted by Gasteiger charge is 2.16. The van der Waals surface area contributed by atoms with Gasteiger partial charge in [0.2, 0.25) is 0 Å². The number of hydrogen-bond acceptors (Lipinski definition) is 2. The van der Waals surface area contributed by atoms with Gasteiger partial charge in [0.1, 0.15) is 0 Å². The van der Waals surface area contributed by atoms with Crippen molar-refractivity contribution in [1.29, 1.82) is 0 Å². The van der Waals surface area contributed by atoms with Crippen LogP contribution >= 0.6 is 0 Å². The molecule has 0 spiro atoms. The summed E-state index contributed by atoms with van der Waals surface area (Å²) in [4.78, 5) is 5.09. The van der Waals surface area contributed by atoms with Crippen LogP contribution in [0, 0.1) is 0 Å². The number of hydrogen-bond donors (Lipinski definition) is 0. The predicted molar refractivity (Wildman–Crippen MR) is 103 cm³/mol. The van der Waals surface area contributed by atoms with Crippen LogP contribution < -0.4 is 4.90 Å². The fourth-order valence-corrected chi connectivity index (χ4v) is 3.66. The summed E-state index contributed by atoms with van der Waals surface area (Å²) in [6.07, 6.45) is 1.13. The van der Waals surface area contributed by atoms with Gasteiger partial charge in [-0.05, 0) is 34.9 Å². The molecule has 2 nitrogen and oxygen atoms in total. The lowest BCUT2D eigenvalue weighted by Gasteiger charge is -2.36. The minimum atomic E-state index is 1.12. The molecule has 122 valence electrons. The molecule has 0 unspecified atom stereocenters. The van der Waals surface area contributed by atoms with Crippen molar-refractivity contribution in [2.24, 2.45) is 0 Å². The average Bonchev–Trinajstić information content (AvgIpc) is 2.67. The molecule has 24 heavy (non-hydrogen) atoms. The molecule has 0 N–H and O–H groups in total. The first-order valence-electron chi connectivity index (χ1n) is 8.89. The fourth-order valence-electron chi connectivity index (χ4n) is 3.66. The summed E-state index contributed by atoms with van der Waals surface area (Å²) >= 11 is 0. The number of para-hydroxylation sites is 1. The van der Waals surface area contributed by atoms with Crippen LogP contribution in [0.4, 0.5) is 5.69 Å². The number of nitrogens with zero attached hydrogens (tertiary/aromatic N) is 2. The number of anilines is 1. The van der Waals surface area contributed by atoms with Crippen molar-refractivity contribution in [3.8, 4) is 0 Å². The molecule has 1 aliphatic heterocycles. The van der Waals surface area contributed by atoms with Gasteiger partial charge in [-0.1, -0.05) is 60.7 Å². The lowest BCUT2D eigenvalue weighted by Crippen LogP contribution is -2.46. The summed E-state index contributed by atoms with van der Waals surface area (Å²) < 4.78 is 0. The topological polar surface area (TPSA) is 6.48 Å². The molecule has 2 heteroatoms. The van der Waals surface area contributed by atoms with Crippen LogP contribution in [0.15, 0.2) is 72.8 Å². The van der Waals surface area contributed by atoms with Crippen LogP contribution in [0.25, 0.3) is 10.8 Å². The number of rotatable bonds is 4. The van der Waals surface area contributed by atoms with Gasteiger partial charge in [-0.25, -0.2) is 0 Å². The van der Waals surface area contributed by atoms with Crippen LogP contribution in [-0.4, -0.2) is 37.6 Å². The van der Waals surface area contributed by atoms with Crippen molar-refractivity contribution in [3.05, 3.63) is 78.4 Å². The summed E-state index contributed by atoms with van der Waals surface area (Å²) in [5.41, 5.74) is 2.82. The predicted octanol–water partition coefficient (Wildman–Crippen LogP) is 4.20.